The van der Waals surface area contributed by atoms with E-state index in [9.17, 15) is 0 Å². The fourth-order valence-electron chi connectivity index (χ4n) is 1.07. The fraction of sp³-hybridized carbons (Fsp3) is 0.429. The van der Waals surface area contributed by atoms with Gasteiger partial charge in [-0.2, -0.15) is 0 Å². The molecule has 0 saturated heterocycles. The van der Waals surface area contributed by atoms with E-state index in [0.29, 0.717) is 0 Å². The second-order valence-electron chi connectivity index (χ2n) is 2.42. The first-order chi connectivity index (χ1) is 5.15. The van der Waals surface area contributed by atoms with Gasteiger partial charge < -0.3 is 5.43 Å². The Morgan fingerprint density at radius 2 is 2.18 bits per heavy atom. The van der Waals surface area contributed by atoms with Crippen LogP contribution in [0, 0.1) is 19.3 Å². The molecule has 0 aromatic carbocycles. The van der Waals surface area contributed by atoms with E-state index in [1.807, 2.05) is 19.9 Å². The summed E-state index contributed by atoms with van der Waals surface area (Å²) in [5.41, 5.74) is 4.96. The molecule has 1 aromatic heterocycles. The van der Waals surface area contributed by atoms with Crippen molar-refractivity contribution in [2.24, 2.45) is 0 Å². The first-order valence-electron chi connectivity index (χ1n) is 3.45. The van der Waals surface area contributed by atoms with Crippen LogP contribution in [-0.4, -0.2) is 16.7 Å². The van der Waals surface area contributed by atoms with Crippen molar-refractivity contribution in [3.05, 3.63) is 23.1 Å². The van der Waals surface area contributed by atoms with Gasteiger partial charge in [-0.3, -0.25) is 5.41 Å². The summed E-state index contributed by atoms with van der Waals surface area (Å²) >= 11 is 0. The van der Waals surface area contributed by atoms with Crippen molar-refractivity contribution in [1.82, 2.24) is 9.66 Å². The van der Waals surface area contributed by atoms with E-state index in [1.165, 1.54) is 0 Å². The van der Waals surface area contributed by atoms with Crippen LogP contribution in [0.15, 0.2) is 6.07 Å². The average Bonchev–Trinajstić information content (AvgIpc) is 1.85. The molecule has 2 N–H and O–H groups in total. The zero-order chi connectivity index (χ0) is 8.43. The molecular formula is C7H12N4. The average molecular weight is 152 g/mol. The van der Waals surface area contributed by atoms with Gasteiger partial charge >= 0.3 is 0 Å². The van der Waals surface area contributed by atoms with Crippen LogP contribution in [0.3, 0.4) is 0 Å². The third kappa shape index (κ3) is 1.39. The van der Waals surface area contributed by atoms with Gasteiger partial charge in [-0.05, 0) is 19.9 Å². The quantitative estimate of drug-likeness (QED) is 0.602. The number of aryl methyl sites for hydroxylation is 2. The predicted molar refractivity (Wildman–Crippen MR) is 42.8 cm³/mol. The van der Waals surface area contributed by atoms with Crippen LogP contribution in [0.2, 0.25) is 0 Å². The maximum Gasteiger partial charge on any atom is 0.241 e. The highest BCUT2D eigenvalue weighted by Crippen LogP contribution is 1.92. The Hall–Kier alpha value is -1.32. The molecule has 0 spiro atoms. The van der Waals surface area contributed by atoms with E-state index in [0.717, 1.165) is 11.4 Å². The molecule has 4 heteroatoms. The van der Waals surface area contributed by atoms with Crippen LogP contribution in [0.1, 0.15) is 11.4 Å². The molecule has 4 nitrogen and oxygen atoms in total. The van der Waals surface area contributed by atoms with Crippen LogP contribution in [-0.2, 0) is 0 Å². The Morgan fingerprint density at radius 1 is 1.55 bits per heavy atom. The molecule has 0 fully saturated rings. The monoisotopic (exact) mass is 152 g/mol. The SMILES string of the molecule is CNn1c(C)cc(C)nc1=N. The lowest BCUT2D eigenvalue weighted by Crippen LogP contribution is -2.31. The van der Waals surface area contributed by atoms with Crippen molar-refractivity contribution in [2.45, 2.75) is 13.8 Å². The van der Waals surface area contributed by atoms with E-state index in [2.05, 4.69) is 10.4 Å². The largest absolute Gasteiger partial charge is 0.326 e. The second kappa shape index (κ2) is 2.74. The number of hydrogen-bond acceptors (Lipinski definition) is 3. The van der Waals surface area contributed by atoms with Crippen LogP contribution in [0.5, 0.6) is 0 Å². The molecular weight excluding hydrogens is 140 g/mol. The molecule has 1 rings (SSSR count). The predicted octanol–water partition coefficient (Wildman–Crippen LogP) is 0.153. The molecule has 0 unspecified atom stereocenters. The van der Waals surface area contributed by atoms with Gasteiger partial charge in [0.15, 0.2) is 0 Å². The smallest absolute Gasteiger partial charge is 0.241 e. The van der Waals surface area contributed by atoms with Gasteiger partial charge in [-0.25, -0.2) is 9.66 Å². The molecule has 1 aromatic rings. The highest BCUT2D eigenvalue weighted by molar-refractivity contribution is 5.06. The minimum Gasteiger partial charge on any atom is -0.326 e. The Kier molecular flexibility index (Phi) is 1.94. The maximum absolute atomic E-state index is 7.44. The van der Waals surface area contributed by atoms with Gasteiger partial charge in [0.1, 0.15) is 0 Å². The van der Waals surface area contributed by atoms with Crippen LogP contribution in [0.4, 0.5) is 0 Å². The normalized spacial score (nSPS) is 9.73. The minimum absolute atomic E-state index is 0.241. The third-order valence-corrected chi connectivity index (χ3v) is 1.49. The number of aromatic nitrogens is 2. The standard InChI is InChI=1S/C7H12N4/c1-5-4-6(2)11(9-3)7(8)10-5/h4,8-9H,1-3H3. The summed E-state index contributed by atoms with van der Waals surface area (Å²) in [5.74, 6) is 0. The molecule has 0 atom stereocenters. The van der Waals surface area contributed by atoms with E-state index >= 15 is 0 Å². The summed E-state index contributed by atoms with van der Waals surface area (Å²) in [4.78, 5) is 3.97. The summed E-state index contributed by atoms with van der Waals surface area (Å²) < 4.78 is 1.62. The van der Waals surface area contributed by atoms with Crippen molar-refractivity contribution in [1.29, 1.82) is 5.41 Å². The lowest BCUT2D eigenvalue weighted by atomic mass is 10.4. The molecule has 1 heterocycles. The molecule has 0 saturated carbocycles. The van der Waals surface area contributed by atoms with Crippen molar-refractivity contribution in [3.8, 4) is 0 Å². The Morgan fingerprint density at radius 3 is 2.64 bits per heavy atom. The van der Waals surface area contributed by atoms with Crippen LogP contribution >= 0.6 is 0 Å². The molecule has 0 amide bonds. The summed E-state index contributed by atoms with van der Waals surface area (Å²) in [7, 11) is 1.77. The molecule has 0 aliphatic carbocycles. The van der Waals surface area contributed by atoms with Crippen LogP contribution < -0.4 is 11.0 Å². The fourth-order valence-corrected chi connectivity index (χ4v) is 1.07. The Labute approximate surface area is 65.4 Å². The molecule has 0 aliphatic rings. The summed E-state index contributed by atoms with van der Waals surface area (Å²) in [6.45, 7) is 3.81. The van der Waals surface area contributed by atoms with Gasteiger partial charge in [0.2, 0.25) is 5.62 Å². The molecule has 0 radical (unpaired) electrons. The first-order valence-corrected chi connectivity index (χ1v) is 3.45. The molecule has 60 valence electrons. The Balaban J connectivity index is 3.37. The first kappa shape index (κ1) is 7.78. The van der Waals surface area contributed by atoms with E-state index in [4.69, 9.17) is 5.41 Å². The number of nitrogens with zero attached hydrogens (tertiary/aromatic N) is 2. The van der Waals surface area contributed by atoms with E-state index in [-0.39, 0.29) is 5.62 Å². The Bertz CT molecular complexity index is 313. The topological polar surface area (TPSA) is 53.7 Å². The van der Waals surface area contributed by atoms with Gasteiger partial charge in [-0.1, -0.05) is 0 Å². The van der Waals surface area contributed by atoms with E-state index in [1.54, 1.807) is 11.7 Å². The number of nitrogens with one attached hydrogen (secondary N) is 2. The van der Waals surface area contributed by atoms with Gasteiger partial charge in [-0.15, -0.1) is 0 Å². The van der Waals surface area contributed by atoms with E-state index < -0.39 is 0 Å². The lowest BCUT2D eigenvalue weighted by molar-refractivity contribution is 0.737. The highest BCUT2D eigenvalue weighted by atomic mass is 15.4. The molecule has 11 heavy (non-hydrogen) atoms. The van der Waals surface area contributed by atoms with Crippen LogP contribution in [0.25, 0.3) is 0 Å². The highest BCUT2D eigenvalue weighted by Gasteiger charge is 1.95. The molecule has 0 aliphatic heterocycles. The summed E-state index contributed by atoms with van der Waals surface area (Å²) in [6.07, 6.45) is 0. The van der Waals surface area contributed by atoms with Gasteiger partial charge in [0, 0.05) is 18.4 Å². The summed E-state index contributed by atoms with van der Waals surface area (Å²) in [5, 5.41) is 7.44. The van der Waals surface area contributed by atoms with Crippen molar-refractivity contribution in [3.63, 3.8) is 0 Å². The van der Waals surface area contributed by atoms with Crippen molar-refractivity contribution < 1.29 is 0 Å². The zero-order valence-electron chi connectivity index (χ0n) is 6.97. The minimum atomic E-state index is 0.241. The second-order valence-corrected chi connectivity index (χ2v) is 2.42. The van der Waals surface area contributed by atoms with Gasteiger partial charge in [0.25, 0.3) is 0 Å². The molecule has 0 bridgehead atoms. The third-order valence-electron chi connectivity index (χ3n) is 1.49. The number of rotatable bonds is 1. The van der Waals surface area contributed by atoms with Gasteiger partial charge in [0.05, 0.1) is 0 Å². The number of hydrogen-bond donors (Lipinski definition) is 2. The van der Waals surface area contributed by atoms with Crippen molar-refractivity contribution >= 4 is 0 Å². The summed E-state index contributed by atoms with van der Waals surface area (Å²) in [6, 6.07) is 1.93. The maximum atomic E-state index is 7.44. The lowest BCUT2D eigenvalue weighted by Gasteiger charge is -2.08. The zero-order valence-corrected chi connectivity index (χ0v) is 6.97. The van der Waals surface area contributed by atoms with Crippen molar-refractivity contribution in [2.75, 3.05) is 12.5 Å².